The van der Waals surface area contributed by atoms with Crippen molar-refractivity contribution in [3.05, 3.63) is 29.8 Å². The molecule has 3 nitrogen and oxygen atoms in total. The second kappa shape index (κ2) is 4.10. The predicted octanol–water partition coefficient (Wildman–Crippen LogP) is 2.74. The number of nitriles is 1. The van der Waals surface area contributed by atoms with Crippen LogP contribution in [0.3, 0.4) is 0 Å². The van der Waals surface area contributed by atoms with Crippen LogP contribution in [0.2, 0.25) is 0 Å². The molecular weight excluding hydrogens is 292 g/mol. The summed E-state index contributed by atoms with van der Waals surface area (Å²) in [6.07, 6.45) is 2.70. The van der Waals surface area contributed by atoms with Gasteiger partial charge in [-0.05, 0) is 37.0 Å². The average Bonchev–Trinajstić information content (AvgIpc) is 3.13. The average molecular weight is 305 g/mol. The smallest absolute Gasteiger partial charge is 0.240 e. The van der Waals surface area contributed by atoms with Gasteiger partial charge in [-0.1, -0.05) is 28.1 Å². The molecule has 1 unspecified atom stereocenters. The lowest BCUT2D eigenvalue weighted by molar-refractivity contribution is -0.116. The summed E-state index contributed by atoms with van der Waals surface area (Å²) in [6, 6.07) is 10.3. The van der Waals surface area contributed by atoms with Crippen LogP contribution < -0.4 is 4.90 Å². The van der Waals surface area contributed by atoms with Gasteiger partial charge in [0.05, 0.1) is 16.3 Å². The van der Waals surface area contributed by atoms with E-state index < -0.39 is 0 Å². The van der Waals surface area contributed by atoms with E-state index >= 15 is 0 Å². The van der Waals surface area contributed by atoms with Crippen molar-refractivity contribution >= 4 is 27.5 Å². The number of carbonyl (C=O) groups excluding carboxylic acids is 1. The molecule has 1 aliphatic heterocycles. The highest BCUT2D eigenvalue weighted by Crippen LogP contribution is 2.48. The Kier molecular flexibility index (Phi) is 2.67. The molecule has 0 bridgehead atoms. The number of hydrogen-bond acceptors (Lipinski definition) is 2. The van der Waals surface area contributed by atoms with E-state index in [1.807, 2.05) is 24.3 Å². The molecule has 2 fully saturated rings. The second-order valence-corrected chi connectivity index (χ2v) is 6.10. The molecule has 0 spiro atoms. The topological polar surface area (TPSA) is 44.1 Å². The fraction of sp³-hybridized carbons (Fsp3) is 0.429. The number of hydrogen-bond donors (Lipinski definition) is 0. The highest BCUT2D eigenvalue weighted by Gasteiger charge is 2.45. The molecule has 2 aliphatic rings. The SMILES string of the molecule is N#CC1(c2cccc(N3CCC(Br)C3=O)c2)CC1. The molecular formula is C14H13BrN2O. The van der Waals surface area contributed by atoms with Crippen LogP contribution in [0.15, 0.2) is 24.3 Å². The van der Waals surface area contributed by atoms with Gasteiger partial charge in [-0.3, -0.25) is 4.79 Å². The van der Waals surface area contributed by atoms with Gasteiger partial charge in [0.25, 0.3) is 0 Å². The highest BCUT2D eigenvalue weighted by atomic mass is 79.9. The molecule has 1 aliphatic carbocycles. The lowest BCUT2D eigenvalue weighted by Crippen LogP contribution is -2.27. The van der Waals surface area contributed by atoms with Gasteiger partial charge in [0.15, 0.2) is 0 Å². The molecule has 1 amide bonds. The molecule has 0 aromatic heterocycles. The van der Waals surface area contributed by atoms with E-state index in [0.29, 0.717) is 0 Å². The van der Waals surface area contributed by atoms with Gasteiger partial charge >= 0.3 is 0 Å². The van der Waals surface area contributed by atoms with Crippen LogP contribution in [-0.4, -0.2) is 17.3 Å². The summed E-state index contributed by atoms with van der Waals surface area (Å²) < 4.78 is 0. The van der Waals surface area contributed by atoms with Crippen LogP contribution in [-0.2, 0) is 10.2 Å². The maximum Gasteiger partial charge on any atom is 0.240 e. The van der Waals surface area contributed by atoms with Gasteiger partial charge in [-0.2, -0.15) is 5.26 Å². The minimum atomic E-state index is -0.285. The number of halogens is 1. The number of nitrogens with zero attached hydrogens (tertiary/aromatic N) is 2. The monoisotopic (exact) mass is 304 g/mol. The zero-order valence-electron chi connectivity index (χ0n) is 9.90. The zero-order valence-corrected chi connectivity index (χ0v) is 11.5. The van der Waals surface area contributed by atoms with Gasteiger partial charge in [-0.15, -0.1) is 0 Å². The van der Waals surface area contributed by atoms with Crippen molar-refractivity contribution in [2.24, 2.45) is 0 Å². The fourth-order valence-electron chi connectivity index (χ4n) is 2.46. The molecule has 1 atom stereocenters. The molecule has 0 radical (unpaired) electrons. The number of alkyl halides is 1. The summed E-state index contributed by atoms with van der Waals surface area (Å²) in [6.45, 7) is 0.748. The van der Waals surface area contributed by atoms with E-state index in [9.17, 15) is 10.1 Å². The predicted molar refractivity (Wildman–Crippen MR) is 72.7 cm³/mol. The van der Waals surface area contributed by atoms with Crippen LogP contribution >= 0.6 is 15.9 Å². The van der Waals surface area contributed by atoms with Crippen LogP contribution in [0, 0.1) is 11.3 Å². The third-order valence-electron chi connectivity index (χ3n) is 3.81. The second-order valence-electron chi connectivity index (χ2n) is 4.99. The Morgan fingerprint density at radius 3 is 2.78 bits per heavy atom. The molecule has 4 heteroatoms. The van der Waals surface area contributed by atoms with E-state index in [-0.39, 0.29) is 16.1 Å². The van der Waals surface area contributed by atoms with Crippen LogP contribution in [0.5, 0.6) is 0 Å². The molecule has 1 saturated carbocycles. The molecule has 1 saturated heterocycles. The van der Waals surface area contributed by atoms with Crippen molar-refractivity contribution in [1.82, 2.24) is 0 Å². The zero-order chi connectivity index (χ0) is 12.8. The van der Waals surface area contributed by atoms with Gasteiger partial charge in [0, 0.05) is 12.2 Å². The highest BCUT2D eigenvalue weighted by molar-refractivity contribution is 9.10. The van der Waals surface area contributed by atoms with E-state index in [2.05, 4.69) is 22.0 Å². The van der Waals surface area contributed by atoms with Crippen molar-refractivity contribution in [1.29, 1.82) is 5.26 Å². The Morgan fingerprint density at radius 2 is 2.22 bits per heavy atom. The minimum Gasteiger partial charge on any atom is -0.311 e. The lowest BCUT2D eigenvalue weighted by atomic mass is 9.97. The molecule has 1 heterocycles. The normalized spacial score (nSPS) is 25.0. The van der Waals surface area contributed by atoms with E-state index in [1.54, 1.807) is 4.90 Å². The van der Waals surface area contributed by atoms with Crippen LogP contribution in [0.25, 0.3) is 0 Å². The third kappa shape index (κ3) is 1.74. The summed E-state index contributed by atoms with van der Waals surface area (Å²) >= 11 is 3.38. The van der Waals surface area contributed by atoms with Gasteiger partial charge < -0.3 is 4.90 Å². The lowest BCUT2D eigenvalue weighted by Gasteiger charge is -2.18. The van der Waals surface area contributed by atoms with E-state index in [4.69, 9.17) is 0 Å². The number of rotatable bonds is 2. The van der Waals surface area contributed by atoms with Crippen molar-refractivity contribution in [3.63, 3.8) is 0 Å². The molecule has 3 rings (SSSR count). The van der Waals surface area contributed by atoms with E-state index in [1.165, 1.54) is 0 Å². The fourth-order valence-corrected chi connectivity index (χ4v) is 2.91. The summed E-state index contributed by atoms with van der Waals surface area (Å²) in [4.78, 5) is 13.7. The van der Waals surface area contributed by atoms with Crippen molar-refractivity contribution in [2.75, 3.05) is 11.4 Å². The summed E-state index contributed by atoms with van der Waals surface area (Å²) in [5, 5.41) is 9.22. The quantitative estimate of drug-likeness (QED) is 0.789. The van der Waals surface area contributed by atoms with E-state index in [0.717, 1.165) is 37.1 Å². The number of carbonyl (C=O) groups is 1. The standard InChI is InChI=1S/C14H13BrN2O/c15-12-4-7-17(13(12)18)11-3-1-2-10(8-11)14(9-16)5-6-14/h1-3,8,12H,4-7H2. The Morgan fingerprint density at radius 1 is 1.44 bits per heavy atom. The Hall–Kier alpha value is -1.34. The first-order chi connectivity index (χ1) is 8.66. The van der Waals surface area contributed by atoms with Crippen molar-refractivity contribution in [2.45, 2.75) is 29.5 Å². The molecule has 1 aromatic rings. The van der Waals surface area contributed by atoms with Crippen molar-refractivity contribution in [3.8, 4) is 6.07 Å². The van der Waals surface area contributed by atoms with Crippen molar-refractivity contribution < 1.29 is 4.79 Å². The molecule has 18 heavy (non-hydrogen) atoms. The van der Waals surface area contributed by atoms with Crippen LogP contribution in [0.4, 0.5) is 5.69 Å². The number of anilines is 1. The maximum atomic E-state index is 12.0. The minimum absolute atomic E-state index is 0.0630. The van der Waals surface area contributed by atoms with Gasteiger partial charge in [-0.25, -0.2) is 0 Å². The third-order valence-corrected chi connectivity index (χ3v) is 4.66. The summed E-state index contributed by atoms with van der Waals surface area (Å²) in [7, 11) is 0. The Balaban J connectivity index is 1.93. The molecule has 1 aromatic carbocycles. The summed E-state index contributed by atoms with van der Waals surface area (Å²) in [5.41, 5.74) is 1.68. The first-order valence-electron chi connectivity index (χ1n) is 6.13. The first-order valence-corrected chi connectivity index (χ1v) is 7.05. The Bertz CT molecular complexity index is 545. The molecule has 0 N–H and O–H groups in total. The van der Waals surface area contributed by atoms with Gasteiger partial charge in [0.2, 0.25) is 5.91 Å². The molecule has 92 valence electrons. The number of benzene rings is 1. The van der Waals surface area contributed by atoms with Gasteiger partial charge in [0.1, 0.15) is 0 Å². The first kappa shape index (κ1) is 11.7. The van der Waals surface area contributed by atoms with Crippen LogP contribution in [0.1, 0.15) is 24.8 Å². The largest absolute Gasteiger partial charge is 0.311 e. The maximum absolute atomic E-state index is 12.0. The summed E-state index contributed by atoms with van der Waals surface area (Å²) in [5.74, 6) is 0.119. The Labute approximate surface area is 115 Å². The number of amides is 1.